The molecule has 0 aliphatic heterocycles. The van der Waals surface area contributed by atoms with Gasteiger partial charge in [0.05, 0.1) is 11.6 Å². The molecule has 1 aromatic carbocycles. The van der Waals surface area contributed by atoms with Crippen LogP contribution in [0.2, 0.25) is 5.15 Å². The molecule has 4 nitrogen and oxygen atoms in total. The first-order chi connectivity index (χ1) is 9.67. The van der Waals surface area contributed by atoms with Gasteiger partial charge in [0, 0.05) is 17.2 Å². The Bertz CT molecular complexity index is 702. The molecule has 0 amide bonds. The Hall–Kier alpha value is -2.12. The lowest BCUT2D eigenvalue weighted by atomic mass is 10.2. The third-order valence-corrected chi connectivity index (χ3v) is 3.67. The van der Waals surface area contributed by atoms with Crippen LogP contribution in [0, 0.1) is 18.3 Å². The number of benzene rings is 1. The van der Waals surface area contributed by atoms with Crippen LogP contribution in [-0.4, -0.2) is 9.97 Å². The highest BCUT2D eigenvalue weighted by atomic mass is 35.5. The molecule has 2 aromatic rings. The molecule has 0 atom stereocenters. The first-order valence-corrected chi connectivity index (χ1v) is 6.86. The second-order valence-electron chi connectivity index (χ2n) is 4.94. The van der Waals surface area contributed by atoms with Gasteiger partial charge in [-0.3, -0.25) is 0 Å². The zero-order valence-electron chi connectivity index (χ0n) is 11.0. The number of anilines is 2. The van der Waals surface area contributed by atoms with E-state index in [4.69, 9.17) is 16.9 Å². The number of hydrogen-bond acceptors (Lipinski definition) is 4. The van der Waals surface area contributed by atoms with E-state index in [9.17, 15) is 0 Å². The molecule has 3 rings (SSSR count). The van der Waals surface area contributed by atoms with Gasteiger partial charge in [-0.2, -0.15) is 5.26 Å². The maximum Gasteiger partial charge on any atom is 0.138 e. The van der Waals surface area contributed by atoms with Crippen LogP contribution in [-0.2, 0) is 0 Å². The summed E-state index contributed by atoms with van der Waals surface area (Å²) in [6.45, 7) is 1.88. The molecule has 5 heteroatoms. The van der Waals surface area contributed by atoms with Crippen molar-refractivity contribution in [1.29, 1.82) is 5.26 Å². The number of nitriles is 1. The van der Waals surface area contributed by atoms with Crippen molar-refractivity contribution in [3.63, 3.8) is 0 Å². The van der Waals surface area contributed by atoms with Gasteiger partial charge >= 0.3 is 0 Å². The molecule has 20 heavy (non-hydrogen) atoms. The quantitative estimate of drug-likeness (QED) is 0.868. The fraction of sp³-hybridized carbons (Fsp3) is 0.267. The molecule has 0 radical (unpaired) electrons. The third kappa shape index (κ3) is 2.59. The van der Waals surface area contributed by atoms with Gasteiger partial charge in [-0.25, -0.2) is 9.97 Å². The Balaban J connectivity index is 1.95. The lowest BCUT2D eigenvalue weighted by molar-refractivity contribution is 0.922. The lowest BCUT2D eigenvalue weighted by Crippen LogP contribution is -2.03. The smallest absolute Gasteiger partial charge is 0.138 e. The van der Waals surface area contributed by atoms with Crippen LogP contribution >= 0.6 is 11.6 Å². The van der Waals surface area contributed by atoms with Crippen molar-refractivity contribution in [1.82, 2.24) is 9.97 Å². The predicted octanol–water partition coefficient (Wildman–Crippen LogP) is 3.93. The molecule has 1 aliphatic rings. The molecule has 1 aliphatic carbocycles. The van der Waals surface area contributed by atoms with Gasteiger partial charge in [0.25, 0.3) is 0 Å². The summed E-state index contributed by atoms with van der Waals surface area (Å²) in [7, 11) is 0. The summed E-state index contributed by atoms with van der Waals surface area (Å²) in [5.41, 5.74) is 2.25. The SMILES string of the molecule is Cc1c(Cl)nc(C2CC2)nc1Nc1cccc(C#N)c1. The first-order valence-electron chi connectivity index (χ1n) is 6.48. The summed E-state index contributed by atoms with van der Waals surface area (Å²) in [4.78, 5) is 8.89. The Morgan fingerprint density at radius 2 is 2.15 bits per heavy atom. The highest BCUT2D eigenvalue weighted by Crippen LogP contribution is 2.39. The standard InChI is InChI=1S/C15H13ClN4/c1-9-13(16)19-15(11-5-6-11)20-14(9)18-12-4-2-3-10(7-12)8-17/h2-4,7,11H,5-6H2,1H3,(H,18,19,20). The zero-order valence-corrected chi connectivity index (χ0v) is 11.8. The first kappa shape index (κ1) is 12.9. The summed E-state index contributed by atoms with van der Waals surface area (Å²) < 4.78 is 0. The minimum atomic E-state index is 0.444. The van der Waals surface area contributed by atoms with Gasteiger partial charge in [0.1, 0.15) is 16.8 Å². The molecule has 0 unspecified atom stereocenters. The van der Waals surface area contributed by atoms with Crippen LogP contribution in [0.5, 0.6) is 0 Å². The van der Waals surface area contributed by atoms with E-state index in [1.165, 1.54) is 0 Å². The van der Waals surface area contributed by atoms with E-state index < -0.39 is 0 Å². The van der Waals surface area contributed by atoms with Crippen molar-refractivity contribution in [3.05, 3.63) is 46.4 Å². The summed E-state index contributed by atoms with van der Waals surface area (Å²) >= 11 is 6.17. The molecular weight excluding hydrogens is 272 g/mol. The van der Waals surface area contributed by atoms with Gasteiger partial charge in [0.15, 0.2) is 0 Å². The zero-order chi connectivity index (χ0) is 14.1. The lowest BCUT2D eigenvalue weighted by Gasteiger charge is -2.11. The van der Waals surface area contributed by atoms with E-state index in [1.807, 2.05) is 19.1 Å². The Morgan fingerprint density at radius 3 is 2.85 bits per heavy atom. The molecule has 1 saturated carbocycles. The molecule has 1 aromatic heterocycles. The minimum absolute atomic E-state index is 0.444. The Morgan fingerprint density at radius 1 is 1.35 bits per heavy atom. The van der Waals surface area contributed by atoms with Crippen LogP contribution in [0.4, 0.5) is 11.5 Å². The summed E-state index contributed by atoms with van der Waals surface area (Å²) in [6, 6.07) is 9.40. The van der Waals surface area contributed by atoms with E-state index in [-0.39, 0.29) is 0 Å². The maximum absolute atomic E-state index is 8.93. The van der Waals surface area contributed by atoms with Crippen LogP contribution < -0.4 is 5.32 Å². The van der Waals surface area contributed by atoms with E-state index in [1.54, 1.807) is 12.1 Å². The highest BCUT2D eigenvalue weighted by molar-refractivity contribution is 6.30. The van der Waals surface area contributed by atoms with Gasteiger partial charge in [-0.05, 0) is 38.0 Å². The highest BCUT2D eigenvalue weighted by Gasteiger charge is 2.28. The monoisotopic (exact) mass is 284 g/mol. The van der Waals surface area contributed by atoms with Crippen molar-refractivity contribution in [2.75, 3.05) is 5.32 Å². The number of hydrogen-bond donors (Lipinski definition) is 1. The molecule has 0 bridgehead atoms. The summed E-state index contributed by atoms with van der Waals surface area (Å²) in [5.74, 6) is 1.96. The molecular formula is C15H13ClN4. The average Bonchev–Trinajstić information content (AvgIpc) is 3.28. The largest absolute Gasteiger partial charge is 0.340 e. The van der Waals surface area contributed by atoms with Crippen LogP contribution in [0.1, 0.15) is 35.7 Å². The van der Waals surface area contributed by atoms with Gasteiger partial charge in [-0.15, -0.1) is 0 Å². The maximum atomic E-state index is 8.93. The molecule has 1 N–H and O–H groups in total. The van der Waals surface area contributed by atoms with Crippen molar-refractivity contribution in [3.8, 4) is 6.07 Å². The number of halogens is 1. The number of nitrogens with one attached hydrogen (secondary N) is 1. The number of aromatic nitrogens is 2. The van der Waals surface area contributed by atoms with Crippen LogP contribution in [0.3, 0.4) is 0 Å². The molecule has 0 spiro atoms. The van der Waals surface area contributed by atoms with Crippen molar-refractivity contribution >= 4 is 23.1 Å². The fourth-order valence-corrected chi connectivity index (χ4v) is 2.13. The third-order valence-electron chi connectivity index (χ3n) is 3.30. The van der Waals surface area contributed by atoms with E-state index in [0.717, 1.165) is 29.9 Å². The number of rotatable bonds is 3. The van der Waals surface area contributed by atoms with Gasteiger partial charge in [-0.1, -0.05) is 17.7 Å². The second-order valence-corrected chi connectivity index (χ2v) is 5.30. The second kappa shape index (κ2) is 5.10. The van der Waals surface area contributed by atoms with Gasteiger partial charge < -0.3 is 5.32 Å². The summed E-state index contributed by atoms with van der Waals surface area (Å²) in [6.07, 6.45) is 2.26. The van der Waals surface area contributed by atoms with E-state index in [0.29, 0.717) is 22.5 Å². The van der Waals surface area contributed by atoms with Crippen molar-refractivity contribution in [2.45, 2.75) is 25.7 Å². The normalized spacial score (nSPS) is 13.8. The molecule has 0 saturated heterocycles. The van der Waals surface area contributed by atoms with Crippen molar-refractivity contribution < 1.29 is 0 Å². The Labute approximate surface area is 122 Å². The van der Waals surface area contributed by atoms with Crippen LogP contribution in [0.15, 0.2) is 24.3 Å². The van der Waals surface area contributed by atoms with Gasteiger partial charge in [0.2, 0.25) is 0 Å². The summed E-state index contributed by atoms with van der Waals surface area (Å²) in [5, 5.41) is 12.6. The van der Waals surface area contributed by atoms with E-state index in [2.05, 4.69) is 21.4 Å². The topological polar surface area (TPSA) is 61.6 Å². The van der Waals surface area contributed by atoms with E-state index >= 15 is 0 Å². The average molecular weight is 285 g/mol. The number of nitrogens with zero attached hydrogens (tertiary/aromatic N) is 3. The predicted molar refractivity (Wildman–Crippen MR) is 78.2 cm³/mol. The fourth-order valence-electron chi connectivity index (χ4n) is 1.95. The Kier molecular flexibility index (Phi) is 3.29. The van der Waals surface area contributed by atoms with Crippen molar-refractivity contribution in [2.24, 2.45) is 0 Å². The van der Waals surface area contributed by atoms with Crippen LogP contribution in [0.25, 0.3) is 0 Å². The minimum Gasteiger partial charge on any atom is -0.340 e. The molecule has 1 fully saturated rings. The molecule has 1 heterocycles. The molecule has 100 valence electrons.